The molecule has 0 amide bonds. The Labute approximate surface area is 68.5 Å². The third kappa shape index (κ3) is 10.0. The number of hydrogen-bond acceptors (Lipinski definition) is 1. The molecule has 0 unspecified atom stereocenters. The lowest BCUT2D eigenvalue weighted by molar-refractivity contribution is -0.324. The summed E-state index contributed by atoms with van der Waals surface area (Å²) in [5.74, 6) is 0.492. The van der Waals surface area contributed by atoms with Gasteiger partial charge in [-0.05, 0) is 19.3 Å². The molecule has 0 aliphatic carbocycles. The lowest BCUT2D eigenvalue weighted by Gasteiger charge is -2.05. The Hall–Kier alpha value is 0.0400. The van der Waals surface area contributed by atoms with Gasteiger partial charge in [0.05, 0.1) is 6.61 Å². The molecule has 0 heterocycles. The first-order chi connectivity index (χ1) is 5.06. The summed E-state index contributed by atoms with van der Waals surface area (Å²) in [4.78, 5) is 0. The number of hydrogen-bond donors (Lipinski definition) is 0. The van der Waals surface area contributed by atoms with Crippen LogP contribution in [0.5, 0.6) is 0 Å². The average molecular weight is 191 g/mol. The van der Waals surface area contributed by atoms with Gasteiger partial charge in [-0.1, -0.05) is 0 Å². The summed E-state index contributed by atoms with van der Waals surface area (Å²) in [6.45, 7) is -0.264. The van der Waals surface area contributed by atoms with E-state index in [-0.39, 0.29) is 6.61 Å². The van der Waals surface area contributed by atoms with Crippen molar-refractivity contribution in [2.45, 2.75) is 25.6 Å². The van der Waals surface area contributed by atoms with Crippen LogP contribution in [0.15, 0.2) is 0 Å². The number of rotatable bonds is 5. The van der Waals surface area contributed by atoms with E-state index in [0.717, 1.165) is 6.42 Å². The van der Waals surface area contributed by atoms with E-state index < -0.39 is 6.36 Å². The molecule has 0 aromatic carbocycles. The Morgan fingerprint density at radius 3 is 2.18 bits per heavy atom. The molecule has 0 saturated carbocycles. The summed E-state index contributed by atoms with van der Waals surface area (Å²) in [5.41, 5.74) is 0. The molecule has 0 spiro atoms. The molecular weight excluding hydrogens is 181 g/mol. The molecule has 0 N–H and O–H groups in total. The fraction of sp³-hybridized carbons (Fsp3) is 1.00. The molecule has 0 aliphatic heterocycles. The van der Waals surface area contributed by atoms with E-state index >= 15 is 0 Å². The van der Waals surface area contributed by atoms with Crippen LogP contribution < -0.4 is 0 Å². The monoisotopic (exact) mass is 190 g/mol. The molecule has 0 radical (unpaired) electrons. The highest BCUT2D eigenvalue weighted by Gasteiger charge is 2.28. The van der Waals surface area contributed by atoms with Gasteiger partial charge in [0.1, 0.15) is 0 Å². The first-order valence-electron chi connectivity index (χ1n) is 3.33. The second-order valence-electron chi connectivity index (χ2n) is 2.04. The molecule has 0 atom stereocenters. The van der Waals surface area contributed by atoms with Crippen LogP contribution in [-0.4, -0.2) is 18.8 Å². The summed E-state index contributed by atoms with van der Waals surface area (Å²) in [7, 11) is 0. The average Bonchev–Trinajstić information content (AvgIpc) is 1.85. The van der Waals surface area contributed by atoms with Gasteiger partial charge in [0.15, 0.2) is 0 Å². The lowest BCUT2D eigenvalue weighted by atomic mass is 10.3. The van der Waals surface area contributed by atoms with Gasteiger partial charge in [-0.2, -0.15) is 0 Å². The zero-order valence-electron chi connectivity index (χ0n) is 5.96. The molecular formula is C6H10ClF3O. The van der Waals surface area contributed by atoms with E-state index in [1.807, 2.05) is 0 Å². The smallest absolute Gasteiger partial charge is 0.292 e. The van der Waals surface area contributed by atoms with Crippen LogP contribution >= 0.6 is 11.6 Å². The minimum Gasteiger partial charge on any atom is -0.292 e. The normalized spacial score (nSPS) is 12.0. The van der Waals surface area contributed by atoms with Crippen molar-refractivity contribution in [2.24, 2.45) is 0 Å². The zero-order valence-corrected chi connectivity index (χ0v) is 6.71. The Balaban J connectivity index is 3.02. The third-order valence-electron chi connectivity index (χ3n) is 1.04. The van der Waals surface area contributed by atoms with Gasteiger partial charge in [0.2, 0.25) is 0 Å². The fourth-order valence-electron chi connectivity index (χ4n) is 0.561. The van der Waals surface area contributed by atoms with Gasteiger partial charge in [-0.25, -0.2) is 0 Å². The quantitative estimate of drug-likeness (QED) is 0.479. The molecule has 68 valence electrons. The van der Waals surface area contributed by atoms with E-state index in [1.165, 1.54) is 0 Å². The van der Waals surface area contributed by atoms with Crippen LogP contribution in [0.3, 0.4) is 0 Å². The maximum absolute atomic E-state index is 11.3. The predicted octanol–water partition coefficient (Wildman–Crippen LogP) is 2.93. The van der Waals surface area contributed by atoms with Gasteiger partial charge in [-0.15, -0.1) is 24.8 Å². The largest absolute Gasteiger partial charge is 0.522 e. The van der Waals surface area contributed by atoms with Gasteiger partial charge in [-0.3, -0.25) is 4.74 Å². The van der Waals surface area contributed by atoms with Gasteiger partial charge >= 0.3 is 6.36 Å². The van der Waals surface area contributed by atoms with Crippen molar-refractivity contribution >= 4 is 11.6 Å². The first-order valence-corrected chi connectivity index (χ1v) is 3.86. The number of halogens is 4. The van der Waals surface area contributed by atoms with Crippen LogP contribution in [0.4, 0.5) is 13.2 Å². The van der Waals surface area contributed by atoms with Crippen molar-refractivity contribution in [3.8, 4) is 0 Å². The molecule has 5 heteroatoms. The summed E-state index contributed by atoms with van der Waals surface area (Å²) >= 11 is 5.31. The summed E-state index contributed by atoms with van der Waals surface area (Å²) in [6, 6.07) is 0. The number of alkyl halides is 4. The molecule has 0 rings (SSSR count). The number of ether oxygens (including phenoxy) is 1. The molecule has 0 aliphatic rings. The highest BCUT2D eigenvalue weighted by Crippen LogP contribution is 2.16. The Bertz CT molecular complexity index is 94.3. The molecule has 1 nitrogen and oxygen atoms in total. The minimum absolute atomic E-state index is 0.264. The molecule has 0 aromatic rings. The fourth-order valence-corrected chi connectivity index (χ4v) is 0.750. The maximum atomic E-state index is 11.3. The van der Waals surface area contributed by atoms with Crippen LogP contribution in [0.2, 0.25) is 0 Å². The Kier molecular flexibility index (Phi) is 5.68. The second kappa shape index (κ2) is 5.66. The first kappa shape index (κ1) is 11.0. The van der Waals surface area contributed by atoms with Crippen molar-refractivity contribution in [1.82, 2.24) is 0 Å². The Morgan fingerprint density at radius 2 is 1.73 bits per heavy atom. The van der Waals surface area contributed by atoms with Gasteiger partial charge in [0, 0.05) is 5.88 Å². The highest BCUT2D eigenvalue weighted by atomic mass is 35.5. The second-order valence-corrected chi connectivity index (χ2v) is 2.42. The standard InChI is InChI=1S/C6H10ClF3O/c7-4-2-1-3-5-11-6(8,9)10/h1-5H2. The maximum Gasteiger partial charge on any atom is 0.522 e. The SMILES string of the molecule is FC(F)(F)OCCCCCCl. The molecule has 0 aromatic heterocycles. The van der Waals surface area contributed by atoms with Crippen LogP contribution in [0.25, 0.3) is 0 Å². The van der Waals surface area contributed by atoms with Crippen molar-refractivity contribution < 1.29 is 17.9 Å². The zero-order chi connectivity index (χ0) is 8.74. The van der Waals surface area contributed by atoms with E-state index in [1.54, 1.807) is 0 Å². The van der Waals surface area contributed by atoms with Crippen molar-refractivity contribution in [1.29, 1.82) is 0 Å². The third-order valence-corrected chi connectivity index (χ3v) is 1.31. The van der Waals surface area contributed by atoms with Crippen LogP contribution in [0.1, 0.15) is 19.3 Å². The predicted molar refractivity (Wildman–Crippen MR) is 36.6 cm³/mol. The van der Waals surface area contributed by atoms with Crippen molar-refractivity contribution in [3.05, 3.63) is 0 Å². The molecule has 0 fully saturated rings. The van der Waals surface area contributed by atoms with Gasteiger partial charge < -0.3 is 0 Å². The molecule has 0 saturated heterocycles. The lowest BCUT2D eigenvalue weighted by Crippen LogP contribution is -2.13. The molecule has 11 heavy (non-hydrogen) atoms. The van der Waals surface area contributed by atoms with E-state index in [0.29, 0.717) is 18.7 Å². The summed E-state index contributed by atoms with van der Waals surface area (Å²) in [6.07, 6.45) is -2.66. The van der Waals surface area contributed by atoms with Crippen molar-refractivity contribution in [2.75, 3.05) is 12.5 Å². The Morgan fingerprint density at radius 1 is 1.09 bits per heavy atom. The molecule has 0 bridgehead atoms. The van der Waals surface area contributed by atoms with E-state index in [2.05, 4.69) is 4.74 Å². The summed E-state index contributed by atoms with van der Waals surface area (Å²) < 4.78 is 37.5. The van der Waals surface area contributed by atoms with Crippen LogP contribution in [0, 0.1) is 0 Å². The topological polar surface area (TPSA) is 9.23 Å². The van der Waals surface area contributed by atoms with E-state index in [9.17, 15) is 13.2 Å². The van der Waals surface area contributed by atoms with Gasteiger partial charge in [0.25, 0.3) is 0 Å². The summed E-state index contributed by atoms with van der Waals surface area (Å²) in [5, 5.41) is 0. The highest BCUT2D eigenvalue weighted by molar-refractivity contribution is 6.17. The van der Waals surface area contributed by atoms with E-state index in [4.69, 9.17) is 11.6 Å². The minimum atomic E-state index is -4.49. The van der Waals surface area contributed by atoms with Crippen molar-refractivity contribution in [3.63, 3.8) is 0 Å². The van der Waals surface area contributed by atoms with Crippen LogP contribution in [-0.2, 0) is 4.74 Å². The number of unbranched alkanes of at least 4 members (excludes halogenated alkanes) is 2.